The van der Waals surface area contributed by atoms with Gasteiger partial charge in [-0.15, -0.1) is 11.3 Å². The first-order valence-corrected chi connectivity index (χ1v) is 10.6. The van der Waals surface area contributed by atoms with Gasteiger partial charge >= 0.3 is 0 Å². The third-order valence-corrected chi connectivity index (χ3v) is 7.20. The molecule has 0 spiro atoms. The van der Waals surface area contributed by atoms with Crippen LogP contribution in [0.25, 0.3) is 11.2 Å². The van der Waals surface area contributed by atoms with Gasteiger partial charge in [0.25, 0.3) is 0 Å². The van der Waals surface area contributed by atoms with Crippen molar-refractivity contribution in [3.05, 3.63) is 28.7 Å². The van der Waals surface area contributed by atoms with E-state index < -0.39 is 0 Å². The molecule has 27 heavy (non-hydrogen) atoms. The van der Waals surface area contributed by atoms with Gasteiger partial charge < -0.3 is 10.3 Å². The molecule has 1 aliphatic carbocycles. The molecule has 4 rings (SSSR count). The van der Waals surface area contributed by atoms with E-state index in [0.29, 0.717) is 27.7 Å². The monoisotopic (exact) mass is 398 g/mol. The maximum absolute atomic E-state index is 12.9. The van der Waals surface area contributed by atoms with Gasteiger partial charge in [0.1, 0.15) is 27.9 Å². The van der Waals surface area contributed by atoms with Crippen LogP contribution in [-0.2, 0) is 17.6 Å². The van der Waals surface area contributed by atoms with Crippen molar-refractivity contribution in [3.63, 3.8) is 0 Å². The Morgan fingerprint density at radius 1 is 1.41 bits per heavy atom. The van der Waals surface area contributed by atoms with Crippen LogP contribution in [0.1, 0.15) is 42.2 Å². The Labute approximate surface area is 164 Å². The molecule has 0 saturated carbocycles. The first-order valence-electron chi connectivity index (χ1n) is 8.87. The summed E-state index contributed by atoms with van der Waals surface area (Å²) in [6, 6.07) is 2.29. The van der Waals surface area contributed by atoms with Crippen LogP contribution in [0, 0.1) is 11.3 Å². The number of imidazole rings is 1. The lowest BCUT2D eigenvalue weighted by Gasteiger charge is -2.14. The molecule has 9 heteroatoms. The average Bonchev–Trinajstić information content (AvgIpc) is 3.30. The van der Waals surface area contributed by atoms with Gasteiger partial charge in [-0.25, -0.2) is 15.0 Å². The number of fused-ring (bicyclic) bond motifs is 2. The molecule has 1 atom stereocenters. The number of hydrogen-bond acceptors (Lipinski definition) is 7. The molecule has 1 aliphatic rings. The molecule has 0 aromatic carbocycles. The Morgan fingerprint density at radius 3 is 3.07 bits per heavy atom. The maximum Gasteiger partial charge on any atom is 0.238 e. The zero-order valence-corrected chi connectivity index (χ0v) is 16.4. The van der Waals surface area contributed by atoms with E-state index in [0.717, 1.165) is 36.8 Å². The highest BCUT2D eigenvalue weighted by atomic mass is 32.2. The number of carbonyl (C=O) groups is 1. The molecule has 3 aromatic heterocycles. The summed E-state index contributed by atoms with van der Waals surface area (Å²) in [7, 11) is 0. The summed E-state index contributed by atoms with van der Waals surface area (Å²) in [4.78, 5) is 29.7. The Kier molecular flexibility index (Phi) is 5.09. The number of nitriles is 1. The standard InChI is InChI=1S/C18H18N6OS2/c1-2-12(26-18-14-15(21-8-20-14)22-9-23-18)16(25)24-17-11(7-19)10-5-3-4-6-13(10)27-17/h8-9,12H,2-6H2,1H3,(H,24,25)(H,20,21,22,23)/t12-/m0/s1. The summed E-state index contributed by atoms with van der Waals surface area (Å²) < 4.78 is 0. The predicted molar refractivity (Wildman–Crippen MR) is 106 cm³/mol. The van der Waals surface area contributed by atoms with Crippen LogP contribution < -0.4 is 5.32 Å². The van der Waals surface area contributed by atoms with Crippen molar-refractivity contribution in [1.29, 1.82) is 5.26 Å². The Morgan fingerprint density at radius 2 is 2.26 bits per heavy atom. The molecule has 3 heterocycles. The van der Waals surface area contributed by atoms with Crippen molar-refractivity contribution in [2.45, 2.75) is 49.3 Å². The lowest BCUT2D eigenvalue weighted by atomic mass is 9.96. The molecule has 2 N–H and O–H groups in total. The molecule has 0 unspecified atom stereocenters. The number of nitrogens with zero attached hydrogens (tertiary/aromatic N) is 4. The van der Waals surface area contributed by atoms with Gasteiger partial charge in [0.2, 0.25) is 5.91 Å². The topological polar surface area (TPSA) is 107 Å². The van der Waals surface area contributed by atoms with Gasteiger partial charge in [0.05, 0.1) is 17.1 Å². The fourth-order valence-electron chi connectivity index (χ4n) is 3.25. The highest BCUT2D eigenvalue weighted by Gasteiger charge is 2.25. The minimum Gasteiger partial charge on any atom is -0.341 e. The number of nitrogens with one attached hydrogen (secondary N) is 2. The molecule has 1 amide bonds. The van der Waals surface area contributed by atoms with Gasteiger partial charge in [0, 0.05) is 4.88 Å². The largest absolute Gasteiger partial charge is 0.341 e. The normalized spacial score (nSPS) is 14.5. The second kappa shape index (κ2) is 7.66. The van der Waals surface area contributed by atoms with Crippen LogP contribution in [0.3, 0.4) is 0 Å². The van der Waals surface area contributed by atoms with Crippen molar-refractivity contribution in [1.82, 2.24) is 19.9 Å². The van der Waals surface area contributed by atoms with E-state index in [9.17, 15) is 10.1 Å². The number of hydrogen-bond donors (Lipinski definition) is 2. The molecule has 0 aliphatic heterocycles. The second-order valence-corrected chi connectivity index (χ2v) is 8.61. The SMILES string of the molecule is CC[C@H](Sc1ncnc2nc[nH]c12)C(=O)Nc1sc2c(c1C#N)CCCC2. The number of aromatic nitrogens is 4. The third-order valence-electron chi connectivity index (χ3n) is 4.63. The zero-order valence-electron chi connectivity index (χ0n) is 14.8. The number of aryl methyl sites for hydroxylation is 1. The van der Waals surface area contributed by atoms with E-state index in [2.05, 4.69) is 31.3 Å². The van der Waals surface area contributed by atoms with Crippen LogP contribution >= 0.6 is 23.1 Å². The highest BCUT2D eigenvalue weighted by molar-refractivity contribution is 8.00. The molecular weight excluding hydrogens is 380 g/mol. The van der Waals surface area contributed by atoms with Crippen molar-refractivity contribution >= 4 is 45.2 Å². The lowest BCUT2D eigenvalue weighted by Crippen LogP contribution is -2.24. The summed E-state index contributed by atoms with van der Waals surface area (Å²) in [5.74, 6) is -0.108. The summed E-state index contributed by atoms with van der Waals surface area (Å²) >= 11 is 2.93. The van der Waals surface area contributed by atoms with E-state index in [4.69, 9.17) is 0 Å². The smallest absolute Gasteiger partial charge is 0.238 e. The first-order chi connectivity index (χ1) is 13.2. The van der Waals surface area contributed by atoms with Gasteiger partial charge in [-0.05, 0) is 37.7 Å². The molecule has 0 radical (unpaired) electrons. The van der Waals surface area contributed by atoms with Crippen molar-refractivity contribution in [2.75, 3.05) is 5.32 Å². The highest BCUT2D eigenvalue weighted by Crippen LogP contribution is 2.38. The number of thioether (sulfide) groups is 1. The van der Waals surface area contributed by atoms with E-state index in [1.54, 1.807) is 17.7 Å². The number of carbonyl (C=O) groups excluding carboxylic acids is 1. The minimum absolute atomic E-state index is 0.108. The molecule has 3 aromatic rings. The molecule has 0 bridgehead atoms. The summed E-state index contributed by atoms with van der Waals surface area (Å²) in [5.41, 5.74) is 3.08. The molecule has 0 fully saturated rings. The Balaban J connectivity index is 1.56. The zero-order chi connectivity index (χ0) is 18.8. The second-order valence-electron chi connectivity index (χ2n) is 6.31. The minimum atomic E-state index is -0.322. The summed E-state index contributed by atoms with van der Waals surface area (Å²) in [5, 5.41) is 13.6. The van der Waals surface area contributed by atoms with E-state index in [1.165, 1.54) is 23.0 Å². The van der Waals surface area contributed by atoms with Gasteiger partial charge in [0.15, 0.2) is 5.65 Å². The van der Waals surface area contributed by atoms with E-state index in [1.807, 2.05) is 6.92 Å². The number of amides is 1. The summed E-state index contributed by atoms with van der Waals surface area (Å²) in [6.07, 6.45) is 7.84. The summed E-state index contributed by atoms with van der Waals surface area (Å²) in [6.45, 7) is 1.97. The van der Waals surface area contributed by atoms with Crippen molar-refractivity contribution < 1.29 is 4.79 Å². The maximum atomic E-state index is 12.9. The van der Waals surface area contributed by atoms with Crippen LogP contribution in [-0.4, -0.2) is 31.1 Å². The number of aromatic amines is 1. The van der Waals surface area contributed by atoms with Crippen LogP contribution in [0.2, 0.25) is 0 Å². The first kappa shape index (κ1) is 17.9. The lowest BCUT2D eigenvalue weighted by molar-refractivity contribution is -0.115. The van der Waals surface area contributed by atoms with Crippen molar-refractivity contribution in [3.8, 4) is 6.07 Å². The molecule has 138 valence electrons. The van der Waals surface area contributed by atoms with E-state index in [-0.39, 0.29) is 11.2 Å². The van der Waals surface area contributed by atoms with Gasteiger partial charge in [-0.3, -0.25) is 4.79 Å². The van der Waals surface area contributed by atoms with Crippen LogP contribution in [0.4, 0.5) is 5.00 Å². The molecule has 7 nitrogen and oxygen atoms in total. The van der Waals surface area contributed by atoms with E-state index >= 15 is 0 Å². The predicted octanol–water partition coefficient (Wildman–Crippen LogP) is 3.67. The fraction of sp³-hybridized carbons (Fsp3) is 0.389. The fourth-order valence-corrected chi connectivity index (χ4v) is 5.47. The Bertz CT molecular complexity index is 1030. The number of anilines is 1. The molecule has 0 saturated heterocycles. The van der Waals surface area contributed by atoms with Gasteiger partial charge in [-0.2, -0.15) is 5.26 Å². The Hall–Kier alpha value is -2.44. The average molecular weight is 399 g/mol. The van der Waals surface area contributed by atoms with Crippen LogP contribution in [0.5, 0.6) is 0 Å². The van der Waals surface area contributed by atoms with Crippen LogP contribution in [0.15, 0.2) is 17.7 Å². The van der Waals surface area contributed by atoms with Crippen molar-refractivity contribution in [2.24, 2.45) is 0 Å². The number of H-pyrrole nitrogens is 1. The number of thiophene rings is 1. The molecular formula is C18H18N6OS2. The van der Waals surface area contributed by atoms with Gasteiger partial charge in [-0.1, -0.05) is 18.7 Å². The quantitative estimate of drug-likeness (QED) is 0.501. The third kappa shape index (κ3) is 3.42. The number of rotatable bonds is 5.